The molecule has 0 aliphatic rings. The minimum atomic E-state index is -3.85. The number of H-pyrrole nitrogens is 1. The topological polar surface area (TPSA) is 70.2 Å². The summed E-state index contributed by atoms with van der Waals surface area (Å²) < 4.78 is 28.8. The zero-order valence-corrected chi connectivity index (χ0v) is 6.48. The Morgan fingerprint density at radius 1 is 1.64 bits per heavy atom. The van der Waals surface area contributed by atoms with Crippen molar-refractivity contribution in [1.29, 1.82) is 0 Å². The summed E-state index contributed by atoms with van der Waals surface area (Å²) in [5, 5.41) is 0. The number of aryl methyl sites for hydroxylation is 1. The highest BCUT2D eigenvalue weighted by molar-refractivity contribution is 7.85. The van der Waals surface area contributed by atoms with Gasteiger partial charge in [-0.3, -0.25) is 4.55 Å². The summed E-state index contributed by atoms with van der Waals surface area (Å²) in [6.45, 7) is 0. The Morgan fingerprint density at radius 3 is 2.82 bits per heavy atom. The van der Waals surface area contributed by atoms with Crippen LogP contribution < -0.4 is 0 Å². The molecular formula is C6H7NO3S. The standard InChI is InChI=1S/C6H7NO3S/c8-11(9,10)4-2-6-1-3-7-5-6/h1,7H,2,4H2,(H,8,9,10). The van der Waals surface area contributed by atoms with Crippen molar-refractivity contribution in [3.8, 4) is 0 Å². The fourth-order valence-electron chi connectivity index (χ4n) is 0.649. The van der Waals surface area contributed by atoms with Crippen molar-refractivity contribution in [3.63, 3.8) is 0 Å². The van der Waals surface area contributed by atoms with E-state index in [9.17, 15) is 8.42 Å². The molecular weight excluding hydrogens is 166 g/mol. The van der Waals surface area contributed by atoms with Crippen LogP contribution in [-0.4, -0.2) is 23.7 Å². The van der Waals surface area contributed by atoms with Crippen LogP contribution in [0.1, 0.15) is 5.56 Å². The van der Waals surface area contributed by atoms with Crippen LogP contribution in [0.25, 0.3) is 0 Å². The van der Waals surface area contributed by atoms with Gasteiger partial charge in [-0.2, -0.15) is 8.42 Å². The summed E-state index contributed by atoms with van der Waals surface area (Å²) >= 11 is 0. The molecule has 0 atom stereocenters. The fraction of sp³-hybridized carbons (Fsp3) is 0.333. The van der Waals surface area contributed by atoms with E-state index >= 15 is 0 Å². The first-order chi connectivity index (χ1) is 5.08. The highest BCUT2D eigenvalue weighted by Gasteiger charge is 2.04. The van der Waals surface area contributed by atoms with E-state index < -0.39 is 10.1 Å². The first kappa shape index (κ1) is 8.29. The second-order valence-electron chi connectivity index (χ2n) is 2.10. The van der Waals surface area contributed by atoms with Crippen LogP contribution in [0, 0.1) is 12.4 Å². The van der Waals surface area contributed by atoms with Gasteiger partial charge in [0.25, 0.3) is 10.1 Å². The Kier molecular flexibility index (Phi) is 2.31. The van der Waals surface area contributed by atoms with Crippen LogP contribution in [0.2, 0.25) is 0 Å². The molecule has 1 aromatic heterocycles. The molecule has 60 valence electrons. The molecule has 2 radical (unpaired) electrons. The predicted octanol–water partition coefficient (Wildman–Crippen LogP) is 0.0454. The molecule has 0 aromatic carbocycles. The summed E-state index contributed by atoms with van der Waals surface area (Å²) in [4.78, 5) is 2.54. The minimum absolute atomic E-state index is 0.263. The minimum Gasteiger partial charge on any atom is -0.352 e. The molecule has 0 amide bonds. The largest absolute Gasteiger partial charge is 0.352 e. The first-order valence-electron chi connectivity index (χ1n) is 2.99. The molecule has 0 saturated heterocycles. The molecule has 4 nitrogen and oxygen atoms in total. The van der Waals surface area contributed by atoms with Crippen LogP contribution >= 0.6 is 0 Å². The van der Waals surface area contributed by atoms with Gasteiger partial charge in [0.05, 0.1) is 18.1 Å². The normalized spacial score (nSPS) is 11.7. The van der Waals surface area contributed by atoms with Crippen molar-refractivity contribution in [2.45, 2.75) is 6.42 Å². The van der Waals surface area contributed by atoms with Gasteiger partial charge in [0, 0.05) is 0 Å². The Labute approximate surface area is 65.0 Å². The zero-order valence-electron chi connectivity index (χ0n) is 5.66. The molecule has 2 N–H and O–H groups in total. The van der Waals surface area contributed by atoms with Gasteiger partial charge in [-0.25, -0.2) is 0 Å². The van der Waals surface area contributed by atoms with Gasteiger partial charge in [0.2, 0.25) is 0 Å². The highest BCUT2D eigenvalue weighted by atomic mass is 32.2. The Morgan fingerprint density at radius 2 is 2.36 bits per heavy atom. The van der Waals surface area contributed by atoms with E-state index in [1.807, 2.05) is 0 Å². The lowest BCUT2D eigenvalue weighted by Crippen LogP contribution is -2.05. The van der Waals surface area contributed by atoms with Gasteiger partial charge in [-0.05, 0) is 18.1 Å². The number of nitrogens with one attached hydrogen (secondary N) is 1. The molecule has 1 rings (SSSR count). The van der Waals surface area contributed by atoms with E-state index in [1.165, 1.54) is 0 Å². The quantitative estimate of drug-likeness (QED) is 0.634. The summed E-state index contributed by atoms with van der Waals surface area (Å²) in [6.07, 6.45) is 5.53. The van der Waals surface area contributed by atoms with Gasteiger partial charge >= 0.3 is 0 Å². The molecule has 0 fully saturated rings. The molecule has 11 heavy (non-hydrogen) atoms. The van der Waals surface area contributed by atoms with Gasteiger partial charge in [0.1, 0.15) is 0 Å². The summed E-state index contributed by atoms with van der Waals surface area (Å²) in [5.74, 6) is -0.269. The van der Waals surface area contributed by atoms with E-state index in [1.54, 1.807) is 6.07 Å². The second kappa shape index (κ2) is 3.06. The fourth-order valence-corrected chi connectivity index (χ4v) is 1.13. The number of aromatic amines is 1. The van der Waals surface area contributed by atoms with Crippen molar-refractivity contribution in [1.82, 2.24) is 4.98 Å². The maximum atomic E-state index is 10.2. The SMILES string of the molecule is O=S(=O)(O)CCc1[c][nH][c]c1. The number of rotatable bonds is 3. The van der Waals surface area contributed by atoms with E-state index in [2.05, 4.69) is 17.4 Å². The predicted molar refractivity (Wildman–Crippen MR) is 38.6 cm³/mol. The van der Waals surface area contributed by atoms with Gasteiger partial charge < -0.3 is 4.98 Å². The highest BCUT2D eigenvalue weighted by Crippen LogP contribution is 1.97. The zero-order chi connectivity index (χ0) is 8.32. The van der Waals surface area contributed by atoms with Crippen molar-refractivity contribution < 1.29 is 13.0 Å². The van der Waals surface area contributed by atoms with Crippen molar-refractivity contribution in [2.75, 3.05) is 5.75 Å². The Hall–Kier alpha value is -0.810. The maximum Gasteiger partial charge on any atom is 0.265 e. The molecule has 1 heterocycles. The molecule has 0 bridgehead atoms. The van der Waals surface area contributed by atoms with Crippen molar-refractivity contribution in [2.24, 2.45) is 0 Å². The summed E-state index contributed by atoms with van der Waals surface area (Å²) in [5.41, 5.74) is 0.697. The molecule has 0 aliphatic heterocycles. The van der Waals surface area contributed by atoms with Gasteiger partial charge in [-0.1, -0.05) is 0 Å². The van der Waals surface area contributed by atoms with E-state index in [0.717, 1.165) is 0 Å². The monoisotopic (exact) mass is 173 g/mol. The van der Waals surface area contributed by atoms with Crippen LogP contribution in [0.15, 0.2) is 6.07 Å². The lowest BCUT2D eigenvalue weighted by atomic mass is 10.3. The molecule has 0 aliphatic carbocycles. The number of hydrogen-bond donors (Lipinski definition) is 2. The van der Waals surface area contributed by atoms with E-state index in [-0.39, 0.29) is 12.2 Å². The lowest BCUT2D eigenvalue weighted by molar-refractivity contribution is 0.482. The third kappa shape index (κ3) is 3.20. The van der Waals surface area contributed by atoms with Crippen LogP contribution in [-0.2, 0) is 16.5 Å². The van der Waals surface area contributed by atoms with Gasteiger partial charge in [0.15, 0.2) is 0 Å². The van der Waals surface area contributed by atoms with Crippen LogP contribution in [0.3, 0.4) is 0 Å². The Balaban J connectivity index is 2.48. The average Bonchev–Trinajstić information content (AvgIpc) is 2.32. The number of hydrogen-bond acceptors (Lipinski definition) is 2. The summed E-state index contributed by atoms with van der Waals surface area (Å²) in [7, 11) is -3.85. The van der Waals surface area contributed by atoms with Crippen molar-refractivity contribution in [3.05, 3.63) is 24.0 Å². The molecule has 5 heteroatoms. The third-order valence-electron chi connectivity index (χ3n) is 1.17. The lowest BCUT2D eigenvalue weighted by Gasteiger charge is -1.92. The van der Waals surface area contributed by atoms with E-state index in [0.29, 0.717) is 5.56 Å². The maximum absolute atomic E-state index is 10.2. The summed E-state index contributed by atoms with van der Waals surface area (Å²) in [6, 6.07) is 1.59. The van der Waals surface area contributed by atoms with Gasteiger partial charge in [-0.15, -0.1) is 0 Å². The smallest absolute Gasteiger partial charge is 0.265 e. The molecule has 0 spiro atoms. The van der Waals surface area contributed by atoms with E-state index in [4.69, 9.17) is 4.55 Å². The Bertz CT molecular complexity index is 301. The third-order valence-corrected chi connectivity index (χ3v) is 1.89. The van der Waals surface area contributed by atoms with Crippen molar-refractivity contribution >= 4 is 10.1 Å². The second-order valence-corrected chi connectivity index (χ2v) is 3.67. The average molecular weight is 173 g/mol. The molecule has 0 saturated carbocycles. The molecule has 0 unspecified atom stereocenters. The first-order valence-corrected chi connectivity index (χ1v) is 4.59. The van der Waals surface area contributed by atoms with Crippen LogP contribution in [0.5, 0.6) is 0 Å². The molecule has 1 aromatic rings. The number of aromatic nitrogens is 1. The van der Waals surface area contributed by atoms with Crippen LogP contribution in [0.4, 0.5) is 0 Å².